The van der Waals surface area contributed by atoms with E-state index in [1.54, 1.807) is 12.1 Å². The molecular formula is C15H12O7. The lowest BCUT2D eigenvalue weighted by Crippen LogP contribution is -2.12. The first-order chi connectivity index (χ1) is 10.6. The van der Waals surface area contributed by atoms with Gasteiger partial charge in [-0.1, -0.05) is 0 Å². The summed E-state index contributed by atoms with van der Waals surface area (Å²) in [6.07, 6.45) is 2.94. The van der Waals surface area contributed by atoms with E-state index in [2.05, 4.69) is 9.47 Å². The first-order valence-electron chi connectivity index (χ1n) is 6.34. The van der Waals surface area contributed by atoms with Crippen molar-refractivity contribution in [3.05, 3.63) is 34.8 Å². The van der Waals surface area contributed by atoms with Crippen LogP contribution in [-0.2, 0) is 23.8 Å². The van der Waals surface area contributed by atoms with E-state index in [-0.39, 0.29) is 18.3 Å². The third kappa shape index (κ3) is 2.37. The lowest BCUT2D eigenvalue weighted by Gasteiger charge is -2.07. The van der Waals surface area contributed by atoms with Crippen LogP contribution in [0.1, 0.15) is 11.1 Å². The molecule has 0 aromatic heterocycles. The molecule has 22 heavy (non-hydrogen) atoms. The van der Waals surface area contributed by atoms with Crippen LogP contribution in [0.25, 0.3) is 12.2 Å². The molecule has 0 radical (unpaired) electrons. The molecular weight excluding hydrogens is 292 g/mol. The SMILES string of the molecule is COC(=O)C1=Cc2cc3c(cc2C=C(C(=O)OC)O1)OCO3. The Labute approximate surface area is 125 Å². The van der Waals surface area contributed by atoms with Crippen molar-refractivity contribution in [2.75, 3.05) is 21.0 Å². The van der Waals surface area contributed by atoms with Crippen molar-refractivity contribution in [2.24, 2.45) is 0 Å². The van der Waals surface area contributed by atoms with Gasteiger partial charge in [-0.05, 0) is 35.4 Å². The number of rotatable bonds is 2. The summed E-state index contributed by atoms with van der Waals surface area (Å²) in [7, 11) is 2.44. The van der Waals surface area contributed by atoms with Gasteiger partial charge in [0.1, 0.15) is 0 Å². The summed E-state index contributed by atoms with van der Waals surface area (Å²) < 4.78 is 25.2. The van der Waals surface area contributed by atoms with Gasteiger partial charge in [0.05, 0.1) is 14.2 Å². The molecule has 0 saturated carbocycles. The molecule has 0 spiro atoms. The van der Waals surface area contributed by atoms with Gasteiger partial charge < -0.3 is 23.7 Å². The van der Waals surface area contributed by atoms with Crippen molar-refractivity contribution >= 4 is 24.1 Å². The molecule has 2 aliphatic heterocycles. The molecule has 1 aromatic rings. The van der Waals surface area contributed by atoms with Crippen LogP contribution in [0.15, 0.2) is 23.7 Å². The van der Waals surface area contributed by atoms with Crippen molar-refractivity contribution in [1.29, 1.82) is 0 Å². The van der Waals surface area contributed by atoms with Crippen molar-refractivity contribution in [3.8, 4) is 11.5 Å². The molecule has 0 fully saturated rings. The van der Waals surface area contributed by atoms with E-state index < -0.39 is 11.9 Å². The molecule has 2 aliphatic rings. The Bertz CT molecular complexity index is 656. The van der Waals surface area contributed by atoms with E-state index in [9.17, 15) is 9.59 Å². The summed E-state index contributed by atoms with van der Waals surface area (Å²) in [5.74, 6) is -0.572. The molecule has 114 valence electrons. The number of benzene rings is 1. The van der Waals surface area contributed by atoms with Crippen molar-refractivity contribution in [1.82, 2.24) is 0 Å². The van der Waals surface area contributed by atoms with E-state index in [1.807, 2.05) is 0 Å². The third-order valence-corrected chi connectivity index (χ3v) is 3.14. The highest BCUT2D eigenvalue weighted by molar-refractivity contribution is 5.98. The van der Waals surface area contributed by atoms with Crippen LogP contribution in [0.4, 0.5) is 0 Å². The zero-order valence-corrected chi connectivity index (χ0v) is 11.9. The minimum atomic E-state index is -0.708. The van der Waals surface area contributed by atoms with Gasteiger partial charge in [0.25, 0.3) is 0 Å². The fraction of sp³-hybridized carbons (Fsp3) is 0.200. The normalized spacial score (nSPS) is 14.8. The molecule has 2 heterocycles. The zero-order chi connectivity index (χ0) is 15.7. The summed E-state index contributed by atoms with van der Waals surface area (Å²) in [4.78, 5) is 23.5. The molecule has 3 rings (SSSR count). The molecule has 7 nitrogen and oxygen atoms in total. The highest BCUT2D eigenvalue weighted by Crippen LogP contribution is 2.37. The van der Waals surface area contributed by atoms with Gasteiger partial charge in [-0.25, -0.2) is 9.59 Å². The van der Waals surface area contributed by atoms with Crippen LogP contribution < -0.4 is 9.47 Å². The summed E-state index contributed by atoms with van der Waals surface area (Å²) in [5, 5.41) is 0. The molecule has 0 atom stereocenters. The number of methoxy groups -OCH3 is 2. The third-order valence-electron chi connectivity index (χ3n) is 3.14. The average Bonchev–Trinajstić information content (AvgIpc) is 2.89. The van der Waals surface area contributed by atoms with Crippen LogP contribution in [0.3, 0.4) is 0 Å². The first kappa shape index (κ1) is 14.0. The second-order valence-corrected chi connectivity index (χ2v) is 4.44. The van der Waals surface area contributed by atoms with E-state index in [0.717, 1.165) is 0 Å². The van der Waals surface area contributed by atoms with Crippen LogP contribution in [0, 0.1) is 0 Å². The molecule has 7 heteroatoms. The van der Waals surface area contributed by atoms with Gasteiger partial charge in [-0.3, -0.25) is 0 Å². The van der Waals surface area contributed by atoms with Crippen LogP contribution >= 0.6 is 0 Å². The number of hydrogen-bond donors (Lipinski definition) is 0. The monoisotopic (exact) mass is 304 g/mol. The molecule has 0 amide bonds. The molecule has 0 aliphatic carbocycles. The average molecular weight is 304 g/mol. The van der Waals surface area contributed by atoms with E-state index in [0.29, 0.717) is 22.6 Å². The van der Waals surface area contributed by atoms with Crippen molar-refractivity contribution in [3.63, 3.8) is 0 Å². The fourth-order valence-corrected chi connectivity index (χ4v) is 2.09. The van der Waals surface area contributed by atoms with Gasteiger partial charge in [0.15, 0.2) is 11.5 Å². The lowest BCUT2D eigenvalue weighted by atomic mass is 10.0. The Morgan fingerprint density at radius 1 is 0.909 bits per heavy atom. The molecule has 1 aromatic carbocycles. The fourth-order valence-electron chi connectivity index (χ4n) is 2.09. The predicted molar refractivity (Wildman–Crippen MR) is 73.6 cm³/mol. The Balaban J connectivity index is 2.14. The molecule has 0 saturated heterocycles. The number of hydrogen-bond acceptors (Lipinski definition) is 7. The number of fused-ring (bicyclic) bond motifs is 2. The summed E-state index contributed by atoms with van der Waals surface area (Å²) >= 11 is 0. The molecule has 0 bridgehead atoms. The zero-order valence-electron chi connectivity index (χ0n) is 11.9. The van der Waals surface area contributed by atoms with Gasteiger partial charge in [-0.2, -0.15) is 0 Å². The standard InChI is InChI=1S/C15H12O7/c1-18-14(16)12-5-8-3-10-11(21-7-20-10)4-9(8)6-13(22-12)15(17)19-2/h3-6H,7H2,1-2H3. The van der Waals surface area contributed by atoms with Gasteiger partial charge in [0.2, 0.25) is 18.3 Å². The van der Waals surface area contributed by atoms with Crippen molar-refractivity contribution in [2.45, 2.75) is 0 Å². The van der Waals surface area contributed by atoms with Crippen LogP contribution in [0.2, 0.25) is 0 Å². The maximum atomic E-state index is 11.8. The molecule has 0 N–H and O–H groups in total. The van der Waals surface area contributed by atoms with Crippen LogP contribution in [-0.4, -0.2) is 33.0 Å². The summed E-state index contributed by atoms with van der Waals surface area (Å²) in [5.41, 5.74) is 1.26. The van der Waals surface area contributed by atoms with E-state index in [4.69, 9.17) is 14.2 Å². The minimum Gasteiger partial charge on any atom is -0.463 e. The number of esters is 2. The Kier molecular flexibility index (Phi) is 3.46. The van der Waals surface area contributed by atoms with E-state index in [1.165, 1.54) is 26.4 Å². The van der Waals surface area contributed by atoms with E-state index >= 15 is 0 Å². The Morgan fingerprint density at radius 3 is 1.77 bits per heavy atom. The second kappa shape index (κ2) is 5.44. The minimum absolute atomic E-state index is 0.121. The first-order valence-corrected chi connectivity index (χ1v) is 6.34. The predicted octanol–water partition coefficient (Wildman–Crippen LogP) is 1.47. The maximum Gasteiger partial charge on any atom is 0.373 e. The number of carbonyl (C=O) groups excluding carboxylic acids is 2. The van der Waals surface area contributed by atoms with Crippen molar-refractivity contribution < 1.29 is 33.3 Å². The van der Waals surface area contributed by atoms with Gasteiger partial charge >= 0.3 is 11.9 Å². The second-order valence-electron chi connectivity index (χ2n) is 4.44. The largest absolute Gasteiger partial charge is 0.463 e. The summed E-state index contributed by atoms with van der Waals surface area (Å²) in [6, 6.07) is 3.39. The smallest absolute Gasteiger partial charge is 0.373 e. The number of carbonyl (C=O) groups is 2. The topological polar surface area (TPSA) is 80.3 Å². The summed E-state index contributed by atoms with van der Waals surface area (Å²) in [6.45, 7) is 0.121. The Morgan fingerprint density at radius 2 is 1.36 bits per heavy atom. The lowest BCUT2D eigenvalue weighted by molar-refractivity contribution is -0.142. The Hall–Kier alpha value is -2.96. The maximum absolute atomic E-state index is 11.8. The van der Waals surface area contributed by atoms with Gasteiger partial charge in [-0.15, -0.1) is 0 Å². The highest BCUT2D eigenvalue weighted by atomic mass is 16.7. The molecule has 0 unspecified atom stereocenters. The van der Waals surface area contributed by atoms with Crippen LogP contribution in [0.5, 0.6) is 11.5 Å². The highest BCUT2D eigenvalue weighted by Gasteiger charge is 2.25. The van der Waals surface area contributed by atoms with Gasteiger partial charge in [0, 0.05) is 0 Å². The quantitative estimate of drug-likeness (QED) is 0.765. The number of ether oxygens (including phenoxy) is 5.